The molecule has 1 aromatic heterocycles. The lowest BCUT2D eigenvalue weighted by Gasteiger charge is -2.10. The minimum atomic E-state index is 0.598. The van der Waals surface area contributed by atoms with Crippen LogP contribution in [0.2, 0.25) is 0 Å². The minimum Gasteiger partial charge on any atom is -0.316 e. The number of hydrogen-bond acceptors (Lipinski definition) is 2. The van der Waals surface area contributed by atoms with E-state index in [9.17, 15) is 0 Å². The fraction of sp³-hybridized carbons (Fsp3) is 0.444. The van der Waals surface area contributed by atoms with Crippen molar-refractivity contribution < 1.29 is 0 Å². The van der Waals surface area contributed by atoms with Gasteiger partial charge < -0.3 is 4.57 Å². The molecule has 0 amide bonds. The fourth-order valence-corrected chi connectivity index (χ4v) is 4.76. The molecule has 1 aromatic carbocycles. The molecule has 0 aliphatic rings. The van der Waals surface area contributed by atoms with E-state index in [0.717, 1.165) is 0 Å². The van der Waals surface area contributed by atoms with Gasteiger partial charge in [0.15, 0.2) is 0 Å². The zero-order valence-electron chi connectivity index (χ0n) is 13.8. The van der Waals surface area contributed by atoms with Crippen LogP contribution in [0.15, 0.2) is 40.1 Å². The van der Waals surface area contributed by atoms with Gasteiger partial charge in [0.05, 0.1) is 0 Å². The van der Waals surface area contributed by atoms with E-state index in [4.69, 9.17) is 0 Å². The lowest BCUT2D eigenvalue weighted by molar-refractivity contribution is 0.946. The molecule has 114 valence electrons. The van der Waals surface area contributed by atoms with Crippen molar-refractivity contribution in [2.75, 3.05) is 0 Å². The van der Waals surface area contributed by atoms with Gasteiger partial charge in [0.2, 0.25) is 0 Å². The first-order valence-electron chi connectivity index (χ1n) is 7.52. The van der Waals surface area contributed by atoms with Crippen LogP contribution in [-0.2, 0) is 0 Å². The van der Waals surface area contributed by atoms with E-state index < -0.39 is 0 Å². The average molecular weight is 320 g/mol. The lowest BCUT2D eigenvalue weighted by atomic mass is 10.3. The van der Waals surface area contributed by atoms with Crippen molar-refractivity contribution in [3.05, 3.63) is 41.7 Å². The lowest BCUT2D eigenvalue weighted by Crippen LogP contribution is -1.99. The number of nitrogens with zero attached hydrogens (tertiary/aromatic N) is 1. The molecule has 0 saturated heterocycles. The summed E-state index contributed by atoms with van der Waals surface area (Å²) in [5.74, 6) is 0. The van der Waals surface area contributed by atoms with Crippen LogP contribution in [0.5, 0.6) is 0 Å². The van der Waals surface area contributed by atoms with Crippen molar-refractivity contribution >= 4 is 23.5 Å². The van der Waals surface area contributed by atoms with Crippen molar-refractivity contribution in [1.29, 1.82) is 0 Å². The number of thioether (sulfide) groups is 2. The Balaban J connectivity index is 2.59. The SMILES string of the molecule is Cc1c(SC(C)C)c(SC(C)C)c(C)n1-c1ccccc1. The van der Waals surface area contributed by atoms with Gasteiger partial charge in [-0.2, -0.15) is 0 Å². The molecule has 0 spiro atoms. The molecule has 0 fully saturated rings. The molecular weight excluding hydrogens is 294 g/mol. The maximum Gasteiger partial charge on any atom is 0.0455 e. The molecule has 0 atom stereocenters. The summed E-state index contributed by atoms with van der Waals surface area (Å²) < 4.78 is 2.40. The van der Waals surface area contributed by atoms with Crippen LogP contribution in [-0.4, -0.2) is 15.1 Å². The highest BCUT2D eigenvalue weighted by Gasteiger charge is 2.21. The summed E-state index contributed by atoms with van der Waals surface area (Å²) in [4.78, 5) is 2.90. The Kier molecular flexibility index (Phi) is 5.50. The Morgan fingerprint density at radius 1 is 0.762 bits per heavy atom. The Bertz CT molecular complexity index is 564. The highest BCUT2D eigenvalue weighted by atomic mass is 32.2. The van der Waals surface area contributed by atoms with Crippen LogP contribution in [0.4, 0.5) is 0 Å². The summed E-state index contributed by atoms with van der Waals surface area (Å²) >= 11 is 3.96. The molecule has 2 aromatic rings. The second-order valence-electron chi connectivity index (χ2n) is 5.83. The number of aromatic nitrogens is 1. The normalized spacial score (nSPS) is 11.6. The fourth-order valence-electron chi connectivity index (χ4n) is 2.50. The molecule has 0 unspecified atom stereocenters. The summed E-state index contributed by atoms with van der Waals surface area (Å²) in [6.45, 7) is 13.6. The first-order valence-corrected chi connectivity index (χ1v) is 9.28. The van der Waals surface area contributed by atoms with Crippen molar-refractivity contribution in [3.63, 3.8) is 0 Å². The third-order valence-electron chi connectivity index (χ3n) is 3.26. The monoisotopic (exact) mass is 319 g/mol. The molecule has 21 heavy (non-hydrogen) atoms. The molecule has 0 N–H and O–H groups in total. The zero-order valence-corrected chi connectivity index (χ0v) is 15.4. The maximum absolute atomic E-state index is 2.40. The molecule has 1 nitrogen and oxygen atoms in total. The smallest absolute Gasteiger partial charge is 0.0455 e. The molecule has 0 aliphatic carbocycles. The summed E-state index contributed by atoms with van der Waals surface area (Å²) in [5, 5.41) is 1.20. The number of benzene rings is 1. The molecular formula is C18H25NS2. The Morgan fingerprint density at radius 3 is 1.57 bits per heavy atom. The summed E-state index contributed by atoms with van der Waals surface area (Å²) in [5.41, 5.74) is 3.98. The van der Waals surface area contributed by atoms with Gasteiger partial charge in [0.25, 0.3) is 0 Å². The van der Waals surface area contributed by atoms with Crippen LogP contribution >= 0.6 is 23.5 Å². The first-order chi connectivity index (χ1) is 9.91. The molecule has 0 bridgehead atoms. The number of hydrogen-bond donors (Lipinski definition) is 0. The topological polar surface area (TPSA) is 4.93 Å². The van der Waals surface area contributed by atoms with E-state index in [0.29, 0.717) is 10.5 Å². The summed E-state index contributed by atoms with van der Waals surface area (Å²) in [7, 11) is 0. The van der Waals surface area contributed by atoms with Gasteiger partial charge in [-0.15, -0.1) is 23.5 Å². The van der Waals surface area contributed by atoms with Gasteiger partial charge in [-0.25, -0.2) is 0 Å². The van der Waals surface area contributed by atoms with Gasteiger partial charge in [0.1, 0.15) is 0 Å². The third kappa shape index (κ3) is 3.70. The Morgan fingerprint density at radius 2 is 1.19 bits per heavy atom. The van der Waals surface area contributed by atoms with Crippen molar-refractivity contribution in [2.45, 2.75) is 61.8 Å². The number of rotatable bonds is 5. The minimum absolute atomic E-state index is 0.598. The second kappa shape index (κ2) is 6.97. The predicted octanol–water partition coefficient (Wildman–Crippen LogP) is 6.10. The van der Waals surface area contributed by atoms with Crippen LogP contribution < -0.4 is 0 Å². The van der Waals surface area contributed by atoms with Crippen LogP contribution in [0, 0.1) is 13.8 Å². The van der Waals surface area contributed by atoms with Gasteiger partial charge in [-0.05, 0) is 26.0 Å². The second-order valence-corrected chi connectivity index (χ2v) is 9.01. The largest absolute Gasteiger partial charge is 0.316 e. The molecule has 0 saturated carbocycles. The molecule has 2 rings (SSSR count). The van der Waals surface area contributed by atoms with E-state index in [1.165, 1.54) is 26.9 Å². The van der Waals surface area contributed by atoms with Gasteiger partial charge in [-0.1, -0.05) is 45.9 Å². The van der Waals surface area contributed by atoms with E-state index in [1.807, 2.05) is 23.5 Å². The quantitative estimate of drug-likeness (QED) is 0.614. The highest BCUT2D eigenvalue weighted by Crippen LogP contribution is 2.42. The van der Waals surface area contributed by atoms with Crippen LogP contribution in [0.25, 0.3) is 5.69 Å². The molecule has 0 radical (unpaired) electrons. The van der Waals surface area contributed by atoms with Gasteiger partial charge in [0, 0.05) is 37.4 Å². The van der Waals surface area contributed by atoms with Crippen molar-refractivity contribution in [3.8, 4) is 5.69 Å². The van der Waals surface area contributed by atoms with E-state index >= 15 is 0 Å². The summed E-state index contributed by atoms with van der Waals surface area (Å²) in [6, 6.07) is 10.7. The Hall–Kier alpha value is -0.800. The average Bonchev–Trinajstić information content (AvgIpc) is 2.63. The molecule has 1 heterocycles. The highest BCUT2D eigenvalue weighted by molar-refractivity contribution is 8.03. The number of para-hydroxylation sites is 1. The first kappa shape index (κ1) is 16.6. The Labute approximate surface area is 137 Å². The van der Waals surface area contributed by atoms with E-state index in [2.05, 4.69) is 76.4 Å². The standard InChI is InChI=1S/C18H25NS2/c1-12(2)20-17-14(5)19(16-10-8-7-9-11-16)15(6)18(17)21-13(3)4/h7-13H,1-6H3. The van der Waals surface area contributed by atoms with Gasteiger partial charge >= 0.3 is 0 Å². The molecule has 0 aliphatic heterocycles. The van der Waals surface area contributed by atoms with Crippen LogP contribution in [0.3, 0.4) is 0 Å². The maximum atomic E-state index is 2.40. The molecule has 3 heteroatoms. The van der Waals surface area contributed by atoms with E-state index in [-0.39, 0.29) is 0 Å². The predicted molar refractivity (Wildman–Crippen MR) is 97.2 cm³/mol. The van der Waals surface area contributed by atoms with Gasteiger partial charge in [-0.3, -0.25) is 0 Å². The van der Waals surface area contributed by atoms with Crippen LogP contribution in [0.1, 0.15) is 39.1 Å². The van der Waals surface area contributed by atoms with Crippen molar-refractivity contribution in [2.24, 2.45) is 0 Å². The third-order valence-corrected chi connectivity index (χ3v) is 5.80. The summed E-state index contributed by atoms with van der Waals surface area (Å²) in [6.07, 6.45) is 0. The zero-order chi connectivity index (χ0) is 15.6. The van der Waals surface area contributed by atoms with E-state index in [1.54, 1.807) is 0 Å². The van der Waals surface area contributed by atoms with Crippen molar-refractivity contribution in [1.82, 2.24) is 4.57 Å².